The van der Waals surface area contributed by atoms with Crippen molar-refractivity contribution in [1.29, 1.82) is 0 Å². The minimum atomic E-state index is -0.290. The fraction of sp³-hybridized carbons (Fsp3) is 0.118. The normalized spacial score (nSPS) is 11.4. The Balaban J connectivity index is 2.38. The molecule has 2 N–H and O–H groups in total. The Morgan fingerprint density at radius 2 is 1.75 bits per heavy atom. The monoisotopic (exact) mass is 268 g/mol. The van der Waals surface area contributed by atoms with Crippen LogP contribution >= 0.6 is 0 Å². The van der Waals surface area contributed by atoms with E-state index in [2.05, 4.69) is 0 Å². The molecule has 0 radical (unpaired) electrons. The molecule has 0 aromatic heterocycles. The highest BCUT2D eigenvalue weighted by Gasteiger charge is 2.11. The average Bonchev–Trinajstić information content (AvgIpc) is 2.41. The SMILES string of the molecule is Cc1ccc(O)c(/C(O)=C/C(=O)c2ccccc2C)c1. The quantitative estimate of drug-likeness (QED) is 0.506. The van der Waals surface area contributed by atoms with Gasteiger partial charge in [0.2, 0.25) is 0 Å². The average molecular weight is 268 g/mol. The number of aliphatic hydroxyl groups excluding tert-OH is 1. The fourth-order valence-corrected chi connectivity index (χ4v) is 1.98. The molecule has 0 fully saturated rings. The van der Waals surface area contributed by atoms with Crippen LogP contribution < -0.4 is 0 Å². The molecule has 0 saturated carbocycles. The zero-order valence-electron chi connectivity index (χ0n) is 11.4. The summed E-state index contributed by atoms with van der Waals surface area (Å²) in [5.41, 5.74) is 2.52. The van der Waals surface area contributed by atoms with Gasteiger partial charge in [0.05, 0.1) is 5.56 Å². The summed E-state index contributed by atoms with van der Waals surface area (Å²) in [6, 6.07) is 12.0. The van der Waals surface area contributed by atoms with Crippen molar-refractivity contribution in [1.82, 2.24) is 0 Å². The first-order valence-electron chi connectivity index (χ1n) is 6.29. The number of allylic oxidation sites excluding steroid dienone is 1. The van der Waals surface area contributed by atoms with Gasteiger partial charge in [0.15, 0.2) is 5.78 Å². The Bertz CT molecular complexity index is 684. The number of rotatable bonds is 3. The smallest absolute Gasteiger partial charge is 0.189 e. The predicted octanol–water partition coefficient (Wildman–Crippen LogP) is 3.79. The van der Waals surface area contributed by atoms with Crippen molar-refractivity contribution in [3.8, 4) is 5.75 Å². The van der Waals surface area contributed by atoms with E-state index in [0.29, 0.717) is 5.56 Å². The van der Waals surface area contributed by atoms with Crippen LogP contribution in [0.3, 0.4) is 0 Å². The number of aromatic hydroxyl groups is 1. The van der Waals surface area contributed by atoms with Gasteiger partial charge in [0.25, 0.3) is 0 Å². The molecule has 2 aromatic rings. The maximum absolute atomic E-state index is 12.1. The first-order valence-corrected chi connectivity index (χ1v) is 6.29. The Morgan fingerprint density at radius 3 is 2.45 bits per heavy atom. The molecule has 2 aromatic carbocycles. The third-order valence-corrected chi connectivity index (χ3v) is 3.11. The number of phenols is 1. The summed E-state index contributed by atoms with van der Waals surface area (Å²) < 4.78 is 0. The number of aliphatic hydroxyl groups is 1. The predicted molar refractivity (Wildman–Crippen MR) is 79.0 cm³/mol. The van der Waals surface area contributed by atoms with E-state index in [1.807, 2.05) is 26.0 Å². The number of ketones is 1. The molecule has 20 heavy (non-hydrogen) atoms. The van der Waals surface area contributed by atoms with E-state index in [-0.39, 0.29) is 22.9 Å². The molecule has 0 spiro atoms. The molecule has 0 heterocycles. The van der Waals surface area contributed by atoms with Crippen LogP contribution in [0.2, 0.25) is 0 Å². The number of aryl methyl sites for hydroxylation is 2. The first-order chi connectivity index (χ1) is 9.49. The Hall–Kier alpha value is -2.55. The Kier molecular flexibility index (Phi) is 3.89. The minimum Gasteiger partial charge on any atom is -0.507 e. The van der Waals surface area contributed by atoms with Gasteiger partial charge in [0.1, 0.15) is 11.5 Å². The van der Waals surface area contributed by atoms with Crippen LogP contribution in [0.4, 0.5) is 0 Å². The third kappa shape index (κ3) is 2.88. The standard InChI is InChI=1S/C17H16O3/c1-11-7-8-15(18)14(9-11)17(20)10-16(19)13-6-4-3-5-12(13)2/h3-10,18,20H,1-2H3/b17-10-. The van der Waals surface area contributed by atoms with Crippen LogP contribution in [-0.2, 0) is 0 Å². The molecule has 0 amide bonds. The third-order valence-electron chi connectivity index (χ3n) is 3.11. The number of hydrogen-bond acceptors (Lipinski definition) is 3. The van der Waals surface area contributed by atoms with Crippen LogP contribution in [0.15, 0.2) is 48.5 Å². The minimum absolute atomic E-state index is 0.0538. The molecule has 0 bridgehead atoms. The largest absolute Gasteiger partial charge is 0.507 e. The van der Waals surface area contributed by atoms with Gasteiger partial charge in [-0.3, -0.25) is 4.79 Å². The molecule has 3 nitrogen and oxygen atoms in total. The molecule has 0 aliphatic rings. The molecule has 102 valence electrons. The van der Waals surface area contributed by atoms with E-state index in [0.717, 1.165) is 17.2 Å². The molecule has 0 unspecified atom stereocenters. The molecule has 0 aliphatic carbocycles. The first kappa shape index (κ1) is 13.9. The van der Waals surface area contributed by atoms with Crippen LogP contribution in [0.25, 0.3) is 5.76 Å². The summed E-state index contributed by atoms with van der Waals surface area (Å²) in [6.45, 7) is 3.68. The van der Waals surface area contributed by atoms with Crippen molar-refractivity contribution in [3.05, 3.63) is 70.8 Å². The van der Waals surface area contributed by atoms with Crippen molar-refractivity contribution < 1.29 is 15.0 Å². The molecule has 3 heteroatoms. The molecule has 0 atom stereocenters. The number of benzene rings is 2. The summed E-state index contributed by atoms with van der Waals surface area (Å²) in [4.78, 5) is 12.1. The van der Waals surface area contributed by atoms with Crippen molar-refractivity contribution in [2.75, 3.05) is 0 Å². The maximum atomic E-state index is 12.1. The van der Waals surface area contributed by atoms with Gasteiger partial charge in [0, 0.05) is 11.6 Å². The van der Waals surface area contributed by atoms with Gasteiger partial charge in [-0.15, -0.1) is 0 Å². The number of carbonyl (C=O) groups excluding carboxylic acids is 1. The lowest BCUT2D eigenvalue weighted by molar-refractivity contribution is 0.104. The number of phenolic OH excluding ortho intramolecular Hbond substituents is 1. The van der Waals surface area contributed by atoms with Crippen molar-refractivity contribution in [2.24, 2.45) is 0 Å². The van der Waals surface area contributed by atoms with E-state index in [1.54, 1.807) is 24.3 Å². The van der Waals surface area contributed by atoms with E-state index in [4.69, 9.17) is 0 Å². The second-order valence-electron chi connectivity index (χ2n) is 4.73. The number of carbonyl (C=O) groups is 1. The number of hydrogen-bond donors (Lipinski definition) is 2. The van der Waals surface area contributed by atoms with Gasteiger partial charge in [-0.1, -0.05) is 35.9 Å². The summed E-state index contributed by atoms with van der Waals surface area (Å²) >= 11 is 0. The second kappa shape index (κ2) is 5.61. The maximum Gasteiger partial charge on any atom is 0.189 e. The van der Waals surface area contributed by atoms with Crippen LogP contribution in [0.1, 0.15) is 27.0 Å². The molecule has 2 rings (SSSR count). The highest BCUT2D eigenvalue weighted by atomic mass is 16.3. The van der Waals surface area contributed by atoms with Crippen LogP contribution in [0, 0.1) is 13.8 Å². The lowest BCUT2D eigenvalue weighted by Crippen LogP contribution is -1.99. The molecular weight excluding hydrogens is 252 g/mol. The van der Waals surface area contributed by atoms with Gasteiger partial charge in [-0.25, -0.2) is 0 Å². The van der Waals surface area contributed by atoms with Gasteiger partial charge in [-0.2, -0.15) is 0 Å². The van der Waals surface area contributed by atoms with Crippen LogP contribution in [-0.4, -0.2) is 16.0 Å². The lowest BCUT2D eigenvalue weighted by Gasteiger charge is -2.06. The zero-order chi connectivity index (χ0) is 14.7. The second-order valence-corrected chi connectivity index (χ2v) is 4.73. The zero-order valence-corrected chi connectivity index (χ0v) is 11.4. The van der Waals surface area contributed by atoms with E-state index in [1.165, 1.54) is 6.07 Å². The summed E-state index contributed by atoms with van der Waals surface area (Å²) in [6.07, 6.45) is 1.14. The summed E-state index contributed by atoms with van der Waals surface area (Å²) in [5, 5.41) is 19.8. The summed E-state index contributed by atoms with van der Waals surface area (Å²) in [5.74, 6) is -0.581. The highest BCUT2D eigenvalue weighted by Crippen LogP contribution is 2.25. The highest BCUT2D eigenvalue weighted by molar-refractivity contribution is 6.08. The molecule has 0 aliphatic heterocycles. The van der Waals surface area contributed by atoms with Gasteiger partial charge < -0.3 is 10.2 Å². The molecular formula is C17H16O3. The Morgan fingerprint density at radius 1 is 1.05 bits per heavy atom. The summed E-state index contributed by atoms with van der Waals surface area (Å²) in [7, 11) is 0. The van der Waals surface area contributed by atoms with Gasteiger partial charge in [-0.05, 0) is 31.5 Å². The topological polar surface area (TPSA) is 57.5 Å². The Labute approximate surface area is 117 Å². The van der Waals surface area contributed by atoms with Crippen molar-refractivity contribution >= 4 is 11.5 Å². The molecule has 0 saturated heterocycles. The van der Waals surface area contributed by atoms with Crippen LogP contribution in [0.5, 0.6) is 5.75 Å². The van der Waals surface area contributed by atoms with E-state index < -0.39 is 0 Å². The van der Waals surface area contributed by atoms with E-state index in [9.17, 15) is 15.0 Å². The van der Waals surface area contributed by atoms with Crippen molar-refractivity contribution in [3.63, 3.8) is 0 Å². The fourth-order valence-electron chi connectivity index (χ4n) is 1.98. The van der Waals surface area contributed by atoms with E-state index >= 15 is 0 Å². The van der Waals surface area contributed by atoms with Crippen molar-refractivity contribution in [2.45, 2.75) is 13.8 Å². The van der Waals surface area contributed by atoms with Gasteiger partial charge >= 0.3 is 0 Å². The lowest BCUT2D eigenvalue weighted by atomic mass is 10.0.